The quantitative estimate of drug-likeness (QED) is 0.867. The first-order valence-electron chi connectivity index (χ1n) is 8.98. The van der Waals surface area contributed by atoms with Crippen LogP contribution in [-0.4, -0.2) is 35.8 Å². The van der Waals surface area contributed by atoms with Crippen molar-refractivity contribution in [2.45, 2.75) is 31.7 Å². The fraction of sp³-hybridized carbons (Fsp3) is 0.333. The predicted molar refractivity (Wildman–Crippen MR) is 98.0 cm³/mol. The van der Waals surface area contributed by atoms with Gasteiger partial charge in [0.25, 0.3) is 0 Å². The minimum atomic E-state index is -0.600. The lowest BCUT2D eigenvalue weighted by molar-refractivity contribution is -0.135. The highest BCUT2D eigenvalue weighted by Crippen LogP contribution is 2.13. The molecule has 1 fully saturated rings. The van der Waals surface area contributed by atoms with E-state index in [0.29, 0.717) is 12.0 Å². The Morgan fingerprint density at radius 2 is 1.69 bits per heavy atom. The maximum atomic E-state index is 13.3. The number of hydrogen-bond donors (Lipinski definition) is 1. The second-order valence-electron chi connectivity index (χ2n) is 6.65. The van der Waals surface area contributed by atoms with Gasteiger partial charge in [-0.05, 0) is 36.1 Å². The van der Waals surface area contributed by atoms with Crippen LogP contribution in [0.1, 0.15) is 24.0 Å². The van der Waals surface area contributed by atoms with Crippen LogP contribution in [0.15, 0.2) is 54.6 Å². The zero-order valence-electron chi connectivity index (χ0n) is 14.7. The molecule has 2 aromatic rings. The van der Waals surface area contributed by atoms with Crippen molar-refractivity contribution in [2.75, 3.05) is 13.1 Å². The highest BCUT2D eigenvalue weighted by molar-refractivity contribution is 5.88. The van der Waals surface area contributed by atoms with Crippen LogP contribution in [0.4, 0.5) is 4.39 Å². The van der Waals surface area contributed by atoms with Gasteiger partial charge in [0.05, 0.1) is 6.42 Å². The van der Waals surface area contributed by atoms with Gasteiger partial charge in [-0.1, -0.05) is 42.5 Å². The van der Waals surface area contributed by atoms with Gasteiger partial charge in [-0.25, -0.2) is 4.39 Å². The summed E-state index contributed by atoms with van der Waals surface area (Å²) in [7, 11) is 0. The molecule has 136 valence electrons. The molecule has 3 rings (SSSR count). The molecule has 1 aliphatic rings. The van der Waals surface area contributed by atoms with E-state index >= 15 is 0 Å². The second-order valence-corrected chi connectivity index (χ2v) is 6.65. The third kappa shape index (κ3) is 4.91. The van der Waals surface area contributed by atoms with Crippen LogP contribution in [0.5, 0.6) is 0 Å². The van der Waals surface area contributed by atoms with Gasteiger partial charge in [0.15, 0.2) is 0 Å². The SMILES string of the molecule is O=C(Cc1cccc(F)c1)N[C@@H](Cc1ccccc1)C(=O)N1CCCC1. The van der Waals surface area contributed by atoms with Crippen molar-refractivity contribution in [3.63, 3.8) is 0 Å². The van der Waals surface area contributed by atoms with E-state index in [0.717, 1.165) is 31.5 Å². The van der Waals surface area contributed by atoms with Gasteiger partial charge >= 0.3 is 0 Å². The summed E-state index contributed by atoms with van der Waals surface area (Å²) in [5.41, 5.74) is 1.59. The van der Waals surface area contributed by atoms with Gasteiger partial charge in [0.2, 0.25) is 11.8 Å². The van der Waals surface area contributed by atoms with E-state index in [1.165, 1.54) is 12.1 Å². The Morgan fingerprint density at radius 1 is 1.00 bits per heavy atom. The van der Waals surface area contributed by atoms with Gasteiger partial charge in [-0.3, -0.25) is 9.59 Å². The first-order chi connectivity index (χ1) is 12.6. The Hall–Kier alpha value is -2.69. The van der Waals surface area contributed by atoms with Crippen molar-refractivity contribution in [2.24, 2.45) is 0 Å². The number of rotatable bonds is 6. The third-order valence-corrected chi connectivity index (χ3v) is 4.59. The summed E-state index contributed by atoms with van der Waals surface area (Å²) in [5, 5.41) is 2.86. The summed E-state index contributed by atoms with van der Waals surface area (Å²) in [6.07, 6.45) is 2.50. The molecular formula is C21H23FN2O2. The van der Waals surface area contributed by atoms with Crippen molar-refractivity contribution in [3.8, 4) is 0 Å². The summed E-state index contributed by atoms with van der Waals surface area (Å²) in [6, 6.07) is 15.0. The maximum absolute atomic E-state index is 13.3. The normalized spacial score (nSPS) is 14.9. The van der Waals surface area contributed by atoms with E-state index in [-0.39, 0.29) is 24.1 Å². The molecule has 0 aromatic heterocycles. The molecule has 26 heavy (non-hydrogen) atoms. The Labute approximate surface area is 153 Å². The van der Waals surface area contributed by atoms with Crippen LogP contribution in [0.25, 0.3) is 0 Å². The Balaban J connectivity index is 1.69. The average Bonchev–Trinajstić information content (AvgIpc) is 3.16. The van der Waals surface area contributed by atoms with Crippen molar-refractivity contribution < 1.29 is 14.0 Å². The Morgan fingerprint density at radius 3 is 2.38 bits per heavy atom. The predicted octanol–water partition coefficient (Wildman–Crippen LogP) is 2.72. The van der Waals surface area contributed by atoms with Gasteiger partial charge < -0.3 is 10.2 Å². The second kappa shape index (κ2) is 8.61. The minimum absolute atomic E-state index is 0.0426. The zero-order valence-corrected chi connectivity index (χ0v) is 14.7. The number of likely N-dealkylation sites (tertiary alicyclic amines) is 1. The van der Waals surface area contributed by atoms with E-state index in [1.54, 1.807) is 12.1 Å². The number of nitrogens with one attached hydrogen (secondary N) is 1. The molecule has 0 bridgehead atoms. The molecule has 5 heteroatoms. The van der Waals surface area contributed by atoms with Gasteiger partial charge in [0, 0.05) is 19.5 Å². The highest BCUT2D eigenvalue weighted by atomic mass is 19.1. The van der Waals surface area contributed by atoms with Gasteiger partial charge in [0.1, 0.15) is 11.9 Å². The first-order valence-corrected chi connectivity index (χ1v) is 8.98. The molecule has 2 aromatic carbocycles. The number of halogens is 1. The van der Waals surface area contributed by atoms with Crippen LogP contribution in [-0.2, 0) is 22.4 Å². The standard InChI is InChI=1S/C21H23FN2O2/c22-18-10-6-9-17(13-18)15-20(25)23-19(14-16-7-2-1-3-8-16)21(26)24-11-4-5-12-24/h1-3,6-10,13,19H,4-5,11-12,14-15H2,(H,23,25)/t19-/m0/s1. The molecule has 1 N–H and O–H groups in total. The Bertz CT molecular complexity index is 758. The number of nitrogens with zero attached hydrogens (tertiary/aromatic N) is 1. The monoisotopic (exact) mass is 354 g/mol. The molecule has 0 radical (unpaired) electrons. The number of carbonyl (C=O) groups excluding carboxylic acids is 2. The fourth-order valence-electron chi connectivity index (χ4n) is 3.29. The number of hydrogen-bond acceptors (Lipinski definition) is 2. The van der Waals surface area contributed by atoms with E-state index in [1.807, 2.05) is 35.2 Å². The summed E-state index contributed by atoms with van der Waals surface area (Å²) in [5.74, 6) is -0.688. The lowest BCUT2D eigenvalue weighted by atomic mass is 10.0. The maximum Gasteiger partial charge on any atom is 0.245 e. The molecule has 4 nitrogen and oxygen atoms in total. The largest absolute Gasteiger partial charge is 0.344 e. The first kappa shape index (κ1) is 18.1. The highest BCUT2D eigenvalue weighted by Gasteiger charge is 2.28. The van der Waals surface area contributed by atoms with E-state index in [2.05, 4.69) is 5.32 Å². The van der Waals surface area contributed by atoms with E-state index in [4.69, 9.17) is 0 Å². The van der Waals surface area contributed by atoms with E-state index in [9.17, 15) is 14.0 Å². The van der Waals surface area contributed by atoms with Crippen LogP contribution >= 0.6 is 0 Å². The number of benzene rings is 2. The van der Waals surface area contributed by atoms with Crippen molar-refractivity contribution >= 4 is 11.8 Å². The van der Waals surface area contributed by atoms with E-state index < -0.39 is 6.04 Å². The van der Waals surface area contributed by atoms with Gasteiger partial charge in [-0.2, -0.15) is 0 Å². The lowest BCUT2D eigenvalue weighted by Crippen LogP contribution is -2.49. The third-order valence-electron chi connectivity index (χ3n) is 4.59. The molecule has 0 aliphatic carbocycles. The van der Waals surface area contributed by atoms with Crippen LogP contribution in [0.3, 0.4) is 0 Å². The van der Waals surface area contributed by atoms with Crippen LogP contribution in [0.2, 0.25) is 0 Å². The Kier molecular flexibility index (Phi) is 6.00. The summed E-state index contributed by atoms with van der Waals surface area (Å²) >= 11 is 0. The van der Waals surface area contributed by atoms with Gasteiger partial charge in [-0.15, -0.1) is 0 Å². The van der Waals surface area contributed by atoms with Crippen LogP contribution < -0.4 is 5.32 Å². The smallest absolute Gasteiger partial charge is 0.245 e. The summed E-state index contributed by atoms with van der Waals surface area (Å²) < 4.78 is 13.3. The number of carbonyl (C=O) groups is 2. The molecular weight excluding hydrogens is 331 g/mol. The van der Waals surface area contributed by atoms with Crippen molar-refractivity contribution in [3.05, 3.63) is 71.5 Å². The molecule has 1 atom stereocenters. The molecule has 0 saturated carbocycles. The van der Waals surface area contributed by atoms with Crippen molar-refractivity contribution in [1.82, 2.24) is 10.2 Å². The summed E-state index contributed by atoms with van der Waals surface area (Å²) in [4.78, 5) is 27.1. The minimum Gasteiger partial charge on any atom is -0.344 e. The molecule has 0 unspecified atom stereocenters. The molecule has 0 spiro atoms. The molecule has 2 amide bonds. The lowest BCUT2D eigenvalue weighted by Gasteiger charge is -2.24. The average molecular weight is 354 g/mol. The molecule has 1 heterocycles. The topological polar surface area (TPSA) is 49.4 Å². The fourth-order valence-corrected chi connectivity index (χ4v) is 3.29. The van der Waals surface area contributed by atoms with Crippen molar-refractivity contribution in [1.29, 1.82) is 0 Å². The molecule has 1 saturated heterocycles. The molecule has 1 aliphatic heterocycles. The number of amides is 2. The van der Waals surface area contributed by atoms with Crippen LogP contribution in [0, 0.1) is 5.82 Å². The summed E-state index contributed by atoms with van der Waals surface area (Å²) in [6.45, 7) is 1.48. The zero-order chi connectivity index (χ0) is 18.4.